The Hall–Kier alpha value is -1.06. The second-order valence-electron chi connectivity index (χ2n) is 5.08. The molecule has 106 valence electrons. The van der Waals surface area contributed by atoms with Crippen molar-refractivity contribution in [2.75, 3.05) is 13.2 Å². The van der Waals surface area contributed by atoms with Gasteiger partial charge in [-0.25, -0.2) is 0 Å². The fourth-order valence-corrected chi connectivity index (χ4v) is 2.52. The maximum atomic E-state index is 5.70. The zero-order valence-corrected chi connectivity index (χ0v) is 12.0. The van der Waals surface area contributed by atoms with Crippen LogP contribution < -0.4 is 10.1 Å². The number of hydrogen-bond donors (Lipinski definition) is 1. The van der Waals surface area contributed by atoms with Gasteiger partial charge in [0.25, 0.3) is 0 Å². The Kier molecular flexibility index (Phi) is 5.67. The highest BCUT2D eigenvalue weighted by Crippen LogP contribution is 2.18. The molecule has 19 heavy (non-hydrogen) atoms. The van der Waals surface area contributed by atoms with Crippen LogP contribution in [-0.4, -0.2) is 25.4 Å². The van der Waals surface area contributed by atoms with Crippen LogP contribution in [0.3, 0.4) is 0 Å². The zero-order chi connectivity index (χ0) is 13.5. The molecule has 1 aromatic carbocycles. The van der Waals surface area contributed by atoms with Gasteiger partial charge in [0.15, 0.2) is 0 Å². The average molecular weight is 263 g/mol. The highest BCUT2D eigenvalue weighted by Gasteiger charge is 2.20. The summed E-state index contributed by atoms with van der Waals surface area (Å²) in [6, 6.07) is 8.91. The first-order valence-corrected chi connectivity index (χ1v) is 7.38. The molecule has 0 bridgehead atoms. The average Bonchev–Trinajstić information content (AvgIpc) is 2.46. The Bertz CT molecular complexity index is 381. The van der Waals surface area contributed by atoms with Gasteiger partial charge in [-0.05, 0) is 43.9 Å². The maximum absolute atomic E-state index is 5.70. The lowest BCUT2D eigenvalue weighted by atomic mass is 10.0. The van der Waals surface area contributed by atoms with Crippen LogP contribution in [0.1, 0.15) is 38.7 Å². The molecule has 1 saturated heterocycles. The summed E-state index contributed by atoms with van der Waals surface area (Å²) < 4.78 is 11.2. The van der Waals surface area contributed by atoms with E-state index in [0.717, 1.165) is 44.8 Å². The topological polar surface area (TPSA) is 30.5 Å². The minimum atomic E-state index is 0.431. The molecule has 1 heterocycles. The van der Waals surface area contributed by atoms with Gasteiger partial charge in [-0.1, -0.05) is 19.1 Å². The van der Waals surface area contributed by atoms with Crippen molar-refractivity contribution in [2.45, 2.75) is 51.8 Å². The van der Waals surface area contributed by atoms with Crippen LogP contribution in [0.15, 0.2) is 24.3 Å². The van der Waals surface area contributed by atoms with Gasteiger partial charge in [-0.15, -0.1) is 0 Å². The minimum absolute atomic E-state index is 0.431. The molecule has 2 rings (SSSR count). The second-order valence-corrected chi connectivity index (χ2v) is 5.08. The van der Waals surface area contributed by atoms with E-state index in [0.29, 0.717) is 12.1 Å². The summed E-state index contributed by atoms with van der Waals surface area (Å²) in [5.74, 6) is 0.959. The minimum Gasteiger partial charge on any atom is -0.494 e. The van der Waals surface area contributed by atoms with Crippen LogP contribution in [0.4, 0.5) is 0 Å². The number of rotatable bonds is 6. The van der Waals surface area contributed by atoms with Gasteiger partial charge >= 0.3 is 0 Å². The van der Waals surface area contributed by atoms with E-state index in [1.807, 2.05) is 13.0 Å². The van der Waals surface area contributed by atoms with Crippen molar-refractivity contribution in [3.05, 3.63) is 29.8 Å². The van der Waals surface area contributed by atoms with Crippen molar-refractivity contribution in [1.82, 2.24) is 5.32 Å². The smallest absolute Gasteiger partial charge is 0.119 e. The van der Waals surface area contributed by atoms with Crippen molar-refractivity contribution < 1.29 is 9.47 Å². The summed E-state index contributed by atoms with van der Waals surface area (Å²) in [4.78, 5) is 0. The lowest BCUT2D eigenvalue weighted by Gasteiger charge is -2.29. The molecule has 0 amide bonds. The van der Waals surface area contributed by atoms with Crippen molar-refractivity contribution in [3.63, 3.8) is 0 Å². The molecule has 1 N–H and O–H groups in total. The van der Waals surface area contributed by atoms with E-state index >= 15 is 0 Å². The molecule has 1 aliphatic heterocycles. The Morgan fingerprint density at radius 2 is 2.26 bits per heavy atom. The van der Waals surface area contributed by atoms with Gasteiger partial charge in [0, 0.05) is 19.2 Å². The predicted octanol–water partition coefficient (Wildman–Crippen LogP) is 3.13. The number of ether oxygens (including phenoxy) is 2. The second kappa shape index (κ2) is 7.51. The Labute approximate surface area is 116 Å². The molecule has 0 radical (unpaired) electrons. The first-order chi connectivity index (χ1) is 9.31. The summed E-state index contributed by atoms with van der Waals surface area (Å²) in [6.45, 7) is 6.71. The quantitative estimate of drug-likeness (QED) is 0.855. The highest BCUT2D eigenvalue weighted by molar-refractivity contribution is 5.28. The third-order valence-electron chi connectivity index (χ3n) is 3.63. The summed E-state index contributed by atoms with van der Waals surface area (Å²) in [7, 11) is 0. The van der Waals surface area contributed by atoms with Gasteiger partial charge in [0.1, 0.15) is 5.75 Å². The number of benzene rings is 1. The van der Waals surface area contributed by atoms with E-state index in [2.05, 4.69) is 30.4 Å². The summed E-state index contributed by atoms with van der Waals surface area (Å²) in [6.07, 6.45) is 3.78. The van der Waals surface area contributed by atoms with E-state index in [1.165, 1.54) is 5.56 Å². The number of hydrogen-bond acceptors (Lipinski definition) is 3. The molecule has 0 aromatic heterocycles. The van der Waals surface area contributed by atoms with Crippen molar-refractivity contribution in [1.29, 1.82) is 0 Å². The van der Waals surface area contributed by atoms with Crippen LogP contribution >= 0.6 is 0 Å². The maximum Gasteiger partial charge on any atom is 0.119 e. The van der Waals surface area contributed by atoms with Crippen molar-refractivity contribution in [3.8, 4) is 5.75 Å². The Balaban J connectivity index is 1.82. The molecule has 1 fully saturated rings. The third-order valence-corrected chi connectivity index (χ3v) is 3.63. The summed E-state index contributed by atoms with van der Waals surface area (Å²) >= 11 is 0. The van der Waals surface area contributed by atoms with Gasteiger partial charge in [0.2, 0.25) is 0 Å². The van der Waals surface area contributed by atoms with Crippen LogP contribution in [-0.2, 0) is 11.3 Å². The lowest BCUT2D eigenvalue weighted by molar-refractivity contribution is -0.000322. The van der Waals surface area contributed by atoms with Crippen LogP contribution in [0.5, 0.6) is 5.75 Å². The number of nitrogens with one attached hydrogen (secondary N) is 1. The van der Waals surface area contributed by atoms with Gasteiger partial charge in [0.05, 0.1) is 12.7 Å². The predicted molar refractivity (Wildman–Crippen MR) is 77.5 cm³/mol. The van der Waals surface area contributed by atoms with Gasteiger partial charge in [-0.2, -0.15) is 0 Å². The summed E-state index contributed by atoms with van der Waals surface area (Å²) in [5.41, 5.74) is 1.28. The highest BCUT2D eigenvalue weighted by atomic mass is 16.5. The van der Waals surface area contributed by atoms with E-state index in [1.54, 1.807) is 0 Å². The molecule has 2 unspecified atom stereocenters. The molecular weight excluding hydrogens is 238 g/mol. The fraction of sp³-hybridized carbons (Fsp3) is 0.625. The standard InChI is InChI=1S/C16H25NO2/c1-3-15-11-14(8-9-19-15)17-12-13-6-5-7-16(10-13)18-4-2/h5-7,10,14-15,17H,3-4,8-9,11-12H2,1-2H3. The molecule has 0 aliphatic carbocycles. The van der Waals surface area contributed by atoms with Crippen LogP contribution in [0.2, 0.25) is 0 Å². The third kappa shape index (κ3) is 4.51. The molecule has 2 atom stereocenters. The fourth-order valence-electron chi connectivity index (χ4n) is 2.52. The molecule has 1 aliphatic rings. The van der Waals surface area contributed by atoms with E-state index in [9.17, 15) is 0 Å². The van der Waals surface area contributed by atoms with Crippen molar-refractivity contribution >= 4 is 0 Å². The molecule has 0 saturated carbocycles. The van der Waals surface area contributed by atoms with E-state index < -0.39 is 0 Å². The van der Waals surface area contributed by atoms with E-state index in [4.69, 9.17) is 9.47 Å². The SMILES string of the molecule is CCOc1cccc(CNC2CCOC(CC)C2)c1. The van der Waals surface area contributed by atoms with Crippen LogP contribution in [0, 0.1) is 0 Å². The van der Waals surface area contributed by atoms with E-state index in [-0.39, 0.29) is 0 Å². The van der Waals surface area contributed by atoms with Crippen molar-refractivity contribution in [2.24, 2.45) is 0 Å². The lowest BCUT2D eigenvalue weighted by Crippen LogP contribution is -2.38. The summed E-state index contributed by atoms with van der Waals surface area (Å²) in [5, 5.41) is 3.64. The van der Waals surface area contributed by atoms with Crippen LogP contribution in [0.25, 0.3) is 0 Å². The zero-order valence-electron chi connectivity index (χ0n) is 12.0. The molecular formula is C16H25NO2. The molecule has 1 aromatic rings. The Morgan fingerprint density at radius 1 is 1.37 bits per heavy atom. The first kappa shape index (κ1) is 14.4. The van der Waals surface area contributed by atoms with Gasteiger partial charge < -0.3 is 14.8 Å². The largest absolute Gasteiger partial charge is 0.494 e. The first-order valence-electron chi connectivity index (χ1n) is 7.38. The molecule has 0 spiro atoms. The monoisotopic (exact) mass is 263 g/mol. The molecule has 3 nitrogen and oxygen atoms in total. The molecule has 3 heteroatoms. The Morgan fingerprint density at radius 3 is 3.05 bits per heavy atom. The normalized spacial score (nSPS) is 23.3. The van der Waals surface area contributed by atoms with Gasteiger partial charge in [-0.3, -0.25) is 0 Å².